The molecule has 2 aromatic rings. The zero-order chi connectivity index (χ0) is 10.1. The highest BCUT2D eigenvalue weighted by Crippen LogP contribution is 2.19. The van der Waals surface area contributed by atoms with Crippen LogP contribution >= 0.6 is 0 Å². The number of nitrogens with zero attached hydrogens (tertiary/aromatic N) is 2. The molecule has 0 unspecified atom stereocenters. The van der Waals surface area contributed by atoms with Gasteiger partial charge >= 0.3 is 0 Å². The average Bonchev–Trinajstić information content (AvgIpc) is 2.51. The normalized spacial score (nSPS) is 11.1. The van der Waals surface area contributed by atoms with Gasteiger partial charge in [0, 0.05) is 24.7 Å². The van der Waals surface area contributed by atoms with E-state index in [0.29, 0.717) is 6.54 Å². The van der Waals surface area contributed by atoms with Gasteiger partial charge in [-0.2, -0.15) is 5.10 Å². The number of aromatic nitrogens is 2. The molecule has 0 atom stereocenters. The van der Waals surface area contributed by atoms with Gasteiger partial charge in [-0.05, 0) is 18.1 Å². The van der Waals surface area contributed by atoms with Gasteiger partial charge in [0.2, 0.25) is 0 Å². The minimum Gasteiger partial charge on any atom is -0.326 e. The number of benzene rings is 1. The predicted octanol–water partition coefficient (Wildman–Crippen LogP) is 1.59. The van der Waals surface area contributed by atoms with Gasteiger partial charge in [-0.15, -0.1) is 0 Å². The van der Waals surface area contributed by atoms with E-state index in [9.17, 15) is 0 Å². The summed E-state index contributed by atoms with van der Waals surface area (Å²) in [5.74, 6) is 0. The van der Waals surface area contributed by atoms with Crippen molar-refractivity contribution in [3.8, 4) is 0 Å². The highest BCUT2D eigenvalue weighted by molar-refractivity contribution is 5.82. The number of fused-ring (bicyclic) bond motifs is 1. The van der Waals surface area contributed by atoms with Crippen LogP contribution in [-0.4, -0.2) is 9.78 Å². The molecule has 0 fully saturated rings. The molecule has 74 valence electrons. The van der Waals surface area contributed by atoms with Gasteiger partial charge < -0.3 is 5.73 Å². The number of hydrogen-bond donors (Lipinski definition) is 1. The Kier molecular flexibility index (Phi) is 2.25. The lowest BCUT2D eigenvalue weighted by Crippen LogP contribution is -1.95. The van der Waals surface area contributed by atoms with Crippen molar-refractivity contribution in [1.82, 2.24) is 9.78 Å². The highest BCUT2D eigenvalue weighted by Gasteiger charge is 2.06. The number of hydrogen-bond acceptors (Lipinski definition) is 2. The van der Waals surface area contributed by atoms with Crippen LogP contribution in [0.15, 0.2) is 18.2 Å². The first kappa shape index (κ1) is 9.21. The molecule has 0 saturated heterocycles. The molecule has 3 nitrogen and oxygen atoms in total. The smallest absolute Gasteiger partial charge is 0.0929 e. The molecule has 1 aromatic heterocycles. The fraction of sp³-hybridized carbons (Fsp3) is 0.364. The Morgan fingerprint density at radius 1 is 1.43 bits per heavy atom. The van der Waals surface area contributed by atoms with Crippen molar-refractivity contribution in [2.24, 2.45) is 12.8 Å². The molecular weight excluding hydrogens is 174 g/mol. The third kappa shape index (κ3) is 1.30. The second-order valence-electron chi connectivity index (χ2n) is 3.48. The minimum absolute atomic E-state index is 0.577. The molecule has 3 heteroatoms. The zero-order valence-corrected chi connectivity index (χ0v) is 8.62. The molecule has 0 radical (unpaired) electrons. The molecule has 0 aliphatic rings. The highest BCUT2D eigenvalue weighted by atomic mass is 15.3. The summed E-state index contributed by atoms with van der Waals surface area (Å²) in [5.41, 5.74) is 9.05. The van der Waals surface area contributed by atoms with Crippen molar-refractivity contribution in [2.75, 3.05) is 0 Å². The molecule has 1 heterocycles. The van der Waals surface area contributed by atoms with Crippen LogP contribution in [0, 0.1) is 0 Å². The van der Waals surface area contributed by atoms with Crippen molar-refractivity contribution in [2.45, 2.75) is 19.9 Å². The van der Waals surface area contributed by atoms with E-state index in [1.54, 1.807) is 0 Å². The largest absolute Gasteiger partial charge is 0.326 e. The fourth-order valence-electron chi connectivity index (χ4n) is 1.85. The van der Waals surface area contributed by atoms with E-state index in [-0.39, 0.29) is 0 Å². The van der Waals surface area contributed by atoms with Crippen molar-refractivity contribution in [3.63, 3.8) is 0 Å². The van der Waals surface area contributed by atoms with E-state index in [4.69, 9.17) is 5.73 Å². The standard InChI is InChI=1S/C11H15N3/c1-3-11-9-5-4-8(7-12)6-10(9)13-14(11)2/h4-6H,3,7,12H2,1-2H3. The Hall–Kier alpha value is -1.35. The lowest BCUT2D eigenvalue weighted by Gasteiger charge is -1.97. The molecule has 2 rings (SSSR count). The van der Waals surface area contributed by atoms with Crippen LogP contribution in [0.4, 0.5) is 0 Å². The van der Waals surface area contributed by atoms with Crippen LogP contribution in [0.1, 0.15) is 18.2 Å². The Morgan fingerprint density at radius 2 is 2.21 bits per heavy atom. The molecular formula is C11H15N3. The predicted molar refractivity (Wildman–Crippen MR) is 58.0 cm³/mol. The lowest BCUT2D eigenvalue weighted by atomic mass is 10.1. The van der Waals surface area contributed by atoms with E-state index in [0.717, 1.165) is 17.5 Å². The summed E-state index contributed by atoms with van der Waals surface area (Å²) in [4.78, 5) is 0. The average molecular weight is 189 g/mol. The molecule has 1 aromatic carbocycles. The third-order valence-corrected chi connectivity index (χ3v) is 2.59. The summed E-state index contributed by atoms with van der Waals surface area (Å²) < 4.78 is 1.95. The van der Waals surface area contributed by atoms with Crippen molar-refractivity contribution < 1.29 is 0 Å². The quantitative estimate of drug-likeness (QED) is 0.779. The van der Waals surface area contributed by atoms with Gasteiger partial charge in [0.1, 0.15) is 0 Å². The molecule has 2 N–H and O–H groups in total. The lowest BCUT2D eigenvalue weighted by molar-refractivity contribution is 0.728. The van der Waals surface area contributed by atoms with Gasteiger partial charge in [-0.25, -0.2) is 0 Å². The second kappa shape index (κ2) is 3.42. The first-order chi connectivity index (χ1) is 6.76. The molecule has 0 bridgehead atoms. The van der Waals surface area contributed by atoms with E-state index in [1.807, 2.05) is 11.7 Å². The molecule has 14 heavy (non-hydrogen) atoms. The SMILES string of the molecule is CCc1c2ccc(CN)cc2nn1C. The summed E-state index contributed by atoms with van der Waals surface area (Å²) in [7, 11) is 1.99. The maximum Gasteiger partial charge on any atom is 0.0929 e. The third-order valence-electron chi connectivity index (χ3n) is 2.59. The monoisotopic (exact) mass is 189 g/mol. The minimum atomic E-state index is 0.577. The molecule has 0 saturated carbocycles. The Bertz CT molecular complexity index is 457. The first-order valence-electron chi connectivity index (χ1n) is 4.90. The molecule has 0 spiro atoms. The summed E-state index contributed by atoms with van der Waals surface area (Å²) >= 11 is 0. The molecule has 0 amide bonds. The van der Waals surface area contributed by atoms with Crippen LogP contribution in [-0.2, 0) is 20.0 Å². The van der Waals surface area contributed by atoms with Gasteiger partial charge in [-0.3, -0.25) is 4.68 Å². The Morgan fingerprint density at radius 3 is 2.86 bits per heavy atom. The maximum atomic E-state index is 5.58. The number of nitrogens with two attached hydrogens (primary N) is 1. The van der Waals surface area contributed by atoms with E-state index in [2.05, 4.69) is 30.2 Å². The Balaban J connectivity index is 2.68. The van der Waals surface area contributed by atoms with E-state index in [1.165, 1.54) is 11.1 Å². The Labute approximate surface area is 83.5 Å². The van der Waals surface area contributed by atoms with Crippen LogP contribution in [0.25, 0.3) is 10.9 Å². The van der Waals surface area contributed by atoms with Gasteiger partial charge in [0.05, 0.1) is 5.52 Å². The van der Waals surface area contributed by atoms with Crippen molar-refractivity contribution in [3.05, 3.63) is 29.5 Å². The van der Waals surface area contributed by atoms with Crippen molar-refractivity contribution in [1.29, 1.82) is 0 Å². The fourth-order valence-corrected chi connectivity index (χ4v) is 1.85. The van der Waals surface area contributed by atoms with Crippen LogP contribution in [0.5, 0.6) is 0 Å². The van der Waals surface area contributed by atoms with E-state index >= 15 is 0 Å². The maximum absolute atomic E-state index is 5.58. The van der Waals surface area contributed by atoms with Crippen LogP contribution in [0.2, 0.25) is 0 Å². The topological polar surface area (TPSA) is 43.8 Å². The molecule has 0 aliphatic carbocycles. The summed E-state index contributed by atoms with van der Waals surface area (Å²) in [5, 5.41) is 5.70. The van der Waals surface area contributed by atoms with Gasteiger partial charge in [0.25, 0.3) is 0 Å². The summed E-state index contributed by atoms with van der Waals surface area (Å²) in [6, 6.07) is 6.25. The van der Waals surface area contributed by atoms with Crippen LogP contribution in [0.3, 0.4) is 0 Å². The summed E-state index contributed by atoms with van der Waals surface area (Å²) in [6.07, 6.45) is 1.01. The second-order valence-corrected chi connectivity index (χ2v) is 3.48. The molecule has 0 aliphatic heterocycles. The van der Waals surface area contributed by atoms with Crippen LogP contribution < -0.4 is 5.73 Å². The van der Waals surface area contributed by atoms with E-state index < -0.39 is 0 Å². The zero-order valence-electron chi connectivity index (χ0n) is 8.62. The number of aryl methyl sites for hydroxylation is 2. The van der Waals surface area contributed by atoms with Crippen molar-refractivity contribution >= 4 is 10.9 Å². The number of rotatable bonds is 2. The summed E-state index contributed by atoms with van der Waals surface area (Å²) in [6.45, 7) is 2.72. The van der Waals surface area contributed by atoms with Gasteiger partial charge in [-0.1, -0.05) is 19.1 Å². The first-order valence-corrected chi connectivity index (χ1v) is 4.90. The van der Waals surface area contributed by atoms with Gasteiger partial charge in [0.15, 0.2) is 0 Å².